The summed E-state index contributed by atoms with van der Waals surface area (Å²) < 4.78 is 76.6. The SMILES string of the molecule is [2H]C([2H])([2H])c1cnc(-c2cccc3c2oc2c3ccc3ccc4cc(-c5c(C([2H])(C)C)cc(C([2H])(C)C)cc5C([2H])(C)C)ccc4c32)cc1C([2H])([2H])C(C)(C)C. The molecule has 7 aromatic rings. The number of para-hydroxylation sites is 1. The Bertz CT molecular complexity index is 2660. The lowest BCUT2D eigenvalue weighted by Gasteiger charge is -2.23. The van der Waals surface area contributed by atoms with Crippen LogP contribution in [-0.2, 0) is 6.37 Å². The molecule has 2 heterocycles. The highest BCUT2D eigenvalue weighted by molar-refractivity contribution is 6.24. The summed E-state index contributed by atoms with van der Waals surface area (Å²) in [5, 5.41) is 5.62. The lowest BCUT2D eigenvalue weighted by atomic mass is 9.81. The van der Waals surface area contributed by atoms with Gasteiger partial charge >= 0.3 is 0 Å². The minimum Gasteiger partial charge on any atom is -0.455 e. The zero-order valence-electron chi connectivity index (χ0n) is 37.4. The van der Waals surface area contributed by atoms with Crippen LogP contribution < -0.4 is 0 Å². The molecule has 0 saturated carbocycles. The van der Waals surface area contributed by atoms with E-state index in [-0.39, 0.29) is 11.1 Å². The number of benzene rings is 5. The molecule has 0 fully saturated rings. The molecule has 244 valence electrons. The second kappa shape index (κ2) is 11.9. The van der Waals surface area contributed by atoms with Crippen LogP contribution in [0.1, 0.15) is 119 Å². The van der Waals surface area contributed by atoms with Crippen molar-refractivity contribution in [3.05, 3.63) is 113 Å². The number of furan rings is 1. The van der Waals surface area contributed by atoms with Crippen molar-refractivity contribution in [1.29, 1.82) is 0 Å². The Balaban J connectivity index is 1.47. The smallest absolute Gasteiger partial charge is 0.144 e. The van der Waals surface area contributed by atoms with Crippen LogP contribution in [0.15, 0.2) is 89.5 Å². The van der Waals surface area contributed by atoms with Crippen LogP contribution in [0.2, 0.25) is 0 Å². The highest BCUT2D eigenvalue weighted by atomic mass is 16.3. The molecule has 0 aliphatic carbocycles. The molecule has 5 aromatic carbocycles. The van der Waals surface area contributed by atoms with Gasteiger partial charge in [0.25, 0.3) is 0 Å². The minimum atomic E-state index is -2.55. The molecule has 0 aliphatic rings. The van der Waals surface area contributed by atoms with E-state index in [4.69, 9.17) is 12.6 Å². The number of aryl methyl sites for hydroxylation is 1. The van der Waals surface area contributed by atoms with Crippen LogP contribution in [-0.4, -0.2) is 4.98 Å². The van der Waals surface area contributed by atoms with Crippen LogP contribution in [0.5, 0.6) is 0 Å². The van der Waals surface area contributed by atoms with Gasteiger partial charge in [0, 0.05) is 38.9 Å². The third-order valence-corrected chi connectivity index (χ3v) is 9.23. The van der Waals surface area contributed by atoms with E-state index in [0.29, 0.717) is 22.4 Å². The molecule has 2 nitrogen and oxygen atoms in total. The van der Waals surface area contributed by atoms with E-state index in [1.165, 1.54) is 6.20 Å². The Kier molecular flexibility index (Phi) is 5.91. The number of rotatable bonds is 6. The second-order valence-corrected chi connectivity index (χ2v) is 14.8. The van der Waals surface area contributed by atoms with Crippen LogP contribution in [0.25, 0.3) is 65.9 Å². The molecule has 48 heavy (non-hydrogen) atoms. The predicted octanol–water partition coefficient (Wildman–Crippen LogP) is 13.9. The molecule has 7 rings (SSSR count). The summed E-state index contributed by atoms with van der Waals surface area (Å²) in [4.78, 5) is 4.59. The summed E-state index contributed by atoms with van der Waals surface area (Å²) >= 11 is 0. The van der Waals surface area contributed by atoms with E-state index in [2.05, 4.69) is 41.4 Å². The quantitative estimate of drug-likeness (QED) is 0.169. The predicted molar refractivity (Wildman–Crippen MR) is 208 cm³/mol. The van der Waals surface area contributed by atoms with Gasteiger partial charge in [-0.2, -0.15) is 0 Å². The van der Waals surface area contributed by atoms with E-state index in [0.717, 1.165) is 60.1 Å². The number of aromatic nitrogens is 1. The van der Waals surface area contributed by atoms with Crippen molar-refractivity contribution in [3.8, 4) is 22.4 Å². The van der Waals surface area contributed by atoms with Crippen molar-refractivity contribution in [3.63, 3.8) is 0 Å². The number of pyridine rings is 1. The Hall–Kier alpha value is -4.43. The number of nitrogens with zero attached hydrogens (tertiary/aromatic N) is 1. The first-order valence-electron chi connectivity index (χ1n) is 20.7. The number of hydrogen-bond donors (Lipinski definition) is 0. The third kappa shape index (κ3) is 5.60. The topological polar surface area (TPSA) is 26.0 Å². The number of fused-ring (bicyclic) bond motifs is 7. The summed E-state index contributed by atoms with van der Waals surface area (Å²) in [6.45, 7) is 13.8. The van der Waals surface area contributed by atoms with Crippen LogP contribution in [0.4, 0.5) is 0 Å². The normalized spacial score (nSPS) is 16.3. The molecule has 0 amide bonds. The van der Waals surface area contributed by atoms with Gasteiger partial charge in [0.1, 0.15) is 11.2 Å². The summed E-state index contributed by atoms with van der Waals surface area (Å²) in [6, 6.07) is 25.8. The average molecular weight is 640 g/mol. The van der Waals surface area contributed by atoms with Crippen LogP contribution >= 0.6 is 0 Å². The fourth-order valence-corrected chi connectivity index (χ4v) is 6.90. The van der Waals surface area contributed by atoms with Crippen molar-refractivity contribution in [2.45, 2.75) is 93.2 Å². The Morgan fingerprint density at radius 2 is 1.42 bits per heavy atom. The molecule has 0 N–H and O–H groups in total. The molecular formula is C46H49NO. The van der Waals surface area contributed by atoms with Crippen molar-refractivity contribution < 1.29 is 15.4 Å². The molecule has 2 heteroatoms. The van der Waals surface area contributed by atoms with E-state index in [9.17, 15) is 2.74 Å². The van der Waals surface area contributed by atoms with E-state index in [1.807, 2.05) is 77.9 Å². The van der Waals surface area contributed by atoms with Gasteiger partial charge in [-0.15, -0.1) is 0 Å². The first kappa shape index (κ1) is 23.8. The van der Waals surface area contributed by atoms with Gasteiger partial charge in [-0.25, -0.2) is 0 Å². The van der Waals surface area contributed by atoms with Crippen LogP contribution in [0.3, 0.4) is 0 Å². The first-order chi connectivity index (χ1) is 25.7. The third-order valence-electron chi connectivity index (χ3n) is 9.23. The maximum absolute atomic E-state index is 9.18. The molecule has 0 atom stereocenters. The minimum absolute atomic E-state index is 0.0855. The van der Waals surface area contributed by atoms with Crippen molar-refractivity contribution >= 4 is 43.5 Å². The standard InChI is InChI=1S/C46H49NO/c1-26(2)33-21-39(27(3)4)42(40(22-33)28(5)6)32-17-18-35-31(20-32)15-14-30-16-19-37-36-12-11-13-38(44(36)48-45(37)43(30)35)41-23-34(24-46(8,9)10)29(7)25-47-41/h11-23,25-28H,24H2,1-10H3/i7D3,24D2,26D,27D,28D. The van der Waals surface area contributed by atoms with Crippen molar-refractivity contribution in [1.82, 2.24) is 4.98 Å². The molecule has 2 aromatic heterocycles. The molecule has 0 bridgehead atoms. The summed E-state index contributed by atoms with van der Waals surface area (Å²) in [5.41, 5.74) is 5.47. The molecular weight excluding hydrogens is 583 g/mol. The Morgan fingerprint density at radius 3 is 2.08 bits per heavy atom. The van der Waals surface area contributed by atoms with Gasteiger partial charge in [0.15, 0.2) is 0 Å². The lowest BCUT2D eigenvalue weighted by molar-refractivity contribution is 0.410. The number of hydrogen-bond acceptors (Lipinski definition) is 2. The molecule has 0 spiro atoms. The fourth-order valence-electron chi connectivity index (χ4n) is 6.90. The van der Waals surface area contributed by atoms with Gasteiger partial charge in [-0.05, 0) is 116 Å². The zero-order chi connectivity index (χ0) is 41.1. The van der Waals surface area contributed by atoms with Gasteiger partial charge in [-0.3, -0.25) is 4.98 Å². The van der Waals surface area contributed by atoms with Gasteiger partial charge < -0.3 is 4.42 Å². The zero-order valence-corrected chi connectivity index (χ0v) is 29.4. The first-order valence-corrected chi connectivity index (χ1v) is 16.7. The van der Waals surface area contributed by atoms with E-state index < -0.39 is 36.3 Å². The average Bonchev–Trinajstić information content (AvgIpc) is 3.47. The largest absolute Gasteiger partial charge is 0.455 e. The molecule has 0 unspecified atom stereocenters. The maximum atomic E-state index is 9.18. The molecule has 0 aliphatic heterocycles. The highest BCUT2D eigenvalue weighted by Crippen LogP contribution is 2.43. The van der Waals surface area contributed by atoms with Gasteiger partial charge in [0.05, 0.1) is 5.69 Å². The van der Waals surface area contributed by atoms with E-state index >= 15 is 0 Å². The second-order valence-electron chi connectivity index (χ2n) is 14.8. The maximum Gasteiger partial charge on any atom is 0.144 e. The summed E-state index contributed by atoms with van der Waals surface area (Å²) in [6.07, 6.45) is -0.691. The molecule has 0 radical (unpaired) electrons. The summed E-state index contributed by atoms with van der Waals surface area (Å²) in [5.74, 6) is -2.89. The van der Waals surface area contributed by atoms with Crippen molar-refractivity contribution in [2.24, 2.45) is 5.41 Å². The molecule has 0 saturated heterocycles. The van der Waals surface area contributed by atoms with Gasteiger partial charge in [-0.1, -0.05) is 117 Å². The van der Waals surface area contributed by atoms with Crippen molar-refractivity contribution in [2.75, 3.05) is 0 Å². The highest BCUT2D eigenvalue weighted by Gasteiger charge is 2.21. The van der Waals surface area contributed by atoms with Crippen LogP contribution in [0, 0.1) is 12.3 Å². The Morgan fingerprint density at radius 1 is 0.750 bits per heavy atom. The monoisotopic (exact) mass is 639 g/mol. The summed E-state index contributed by atoms with van der Waals surface area (Å²) in [7, 11) is 0. The lowest BCUT2D eigenvalue weighted by Crippen LogP contribution is -2.10. The van der Waals surface area contributed by atoms with E-state index in [1.54, 1.807) is 26.8 Å². The Labute approximate surface area is 297 Å². The fraction of sp³-hybridized carbons (Fsp3) is 0.326. The van der Waals surface area contributed by atoms with Gasteiger partial charge in [0.2, 0.25) is 0 Å².